The molecule has 1 aliphatic heterocycles. The van der Waals surface area contributed by atoms with Gasteiger partial charge in [0.25, 0.3) is 15.7 Å². The smallest absolute Gasteiger partial charge is 0.269 e. The number of carbonyl (C=O) groups is 1. The van der Waals surface area contributed by atoms with E-state index in [-0.39, 0.29) is 22.1 Å². The molecule has 9 nitrogen and oxygen atoms in total. The number of benzene rings is 1. The molecule has 1 N–H and O–H groups in total. The molecular formula is C14H12N4O5S. The van der Waals surface area contributed by atoms with Crippen molar-refractivity contribution in [3.8, 4) is 0 Å². The fraction of sp³-hybridized carbons (Fsp3) is 0.143. The highest BCUT2D eigenvalue weighted by Gasteiger charge is 2.39. The van der Waals surface area contributed by atoms with Crippen LogP contribution in [0.15, 0.2) is 47.5 Å². The maximum atomic E-state index is 12.9. The van der Waals surface area contributed by atoms with Gasteiger partial charge in [0.1, 0.15) is 6.04 Å². The van der Waals surface area contributed by atoms with Crippen LogP contribution < -0.4 is 9.62 Å². The average Bonchev–Trinajstić information content (AvgIpc) is 2.55. The third kappa shape index (κ3) is 2.46. The van der Waals surface area contributed by atoms with Gasteiger partial charge in [-0.15, -0.1) is 0 Å². The Morgan fingerprint density at radius 3 is 2.54 bits per heavy atom. The Kier molecular flexibility index (Phi) is 3.68. The number of anilines is 2. The van der Waals surface area contributed by atoms with Gasteiger partial charge < -0.3 is 5.32 Å². The summed E-state index contributed by atoms with van der Waals surface area (Å²) in [6.45, 7) is 1.44. The summed E-state index contributed by atoms with van der Waals surface area (Å²) in [5.74, 6) is -0.385. The van der Waals surface area contributed by atoms with E-state index in [2.05, 4.69) is 10.3 Å². The fourth-order valence-corrected chi connectivity index (χ4v) is 3.96. The van der Waals surface area contributed by atoms with Crippen molar-refractivity contribution in [3.63, 3.8) is 0 Å². The second-order valence-electron chi connectivity index (χ2n) is 5.09. The van der Waals surface area contributed by atoms with Crippen molar-refractivity contribution >= 4 is 33.1 Å². The summed E-state index contributed by atoms with van der Waals surface area (Å²) in [6.07, 6.45) is 1.42. The molecule has 2 heterocycles. The molecule has 0 unspecified atom stereocenters. The number of nitrogens with zero attached hydrogens (tertiary/aromatic N) is 3. The van der Waals surface area contributed by atoms with Gasteiger partial charge in [-0.3, -0.25) is 14.9 Å². The van der Waals surface area contributed by atoms with E-state index in [9.17, 15) is 23.3 Å². The lowest BCUT2D eigenvalue weighted by atomic mass is 10.2. The maximum absolute atomic E-state index is 12.9. The van der Waals surface area contributed by atoms with Crippen LogP contribution in [0.25, 0.3) is 0 Å². The van der Waals surface area contributed by atoms with Gasteiger partial charge >= 0.3 is 0 Å². The predicted octanol–water partition coefficient (Wildman–Crippen LogP) is 1.53. The Balaban J connectivity index is 2.12. The first-order chi connectivity index (χ1) is 11.3. The zero-order valence-corrected chi connectivity index (χ0v) is 13.2. The van der Waals surface area contributed by atoms with Crippen molar-refractivity contribution in [2.24, 2.45) is 0 Å². The first-order valence-corrected chi connectivity index (χ1v) is 8.31. The minimum absolute atomic E-state index is 0.1000. The number of nitro benzene ring substituents is 1. The zero-order valence-electron chi connectivity index (χ0n) is 12.4. The molecule has 2 aromatic rings. The SMILES string of the molecule is C[C@H]1C(=O)Nc2cccnc2N1S(=O)(=O)c1ccc([N+](=O)[O-])cc1. The highest BCUT2D eigenvalue weighted by Crippen LogP contribution is 2.34. The molecule has 124 valence electrons. The Labute approximate surface area is 137 Å². The van der Waals surface area contributed by atoms with Crippen LogP contribution in [0.3, 0.4) is 0 Å². The van der Waals surface area contributed by atoms with Crippen molar-refractivity contribution in [2.45, 2.75) is 17.9 Å². The molecule has 1 atom stereocenters. The van der Waals surface area contributed by atoms with E-state index < -0.39 is 26.9 Å². The van der Waals surface area contributed by atoms with Gasteiger partial charge in [-0.05, 0) is 31.2 Å². The number of non-ortho nitro benzene ring substituents is 1. The number of amides is 1. The van der Waals surface area contributed by atoms with Crippen molar-refractivity contribution in [1.29, 1.82) is 0 Å². The monoisotopic (exact) mass is 348 g/mol. The molecule has 0 saturated heterocycles. The van der Waals surface area contributed by atoms with Crippen LogP contribution in [-0.2, 0) is 14.8 Å². The molecule has 24 heavy (non-hydrogen) atoms. The number of hydrogen-bond acceptors (Lipinski definition) is 6. The molecular weight excluding hydrogens is 336 g/mol. The summed E-state index contributed by atoms with van der Waals surface area (Å²) >= 11 is 0. The minimum Gasteiger partial charge on any atom is -0.321 e. The number of aromatic nitrogens is 1. The summed E-state index contributed by atoms with van der Waals surface area (Å²) in [6, 6.07) is 6.58. The zero-order chi connectivity index (χ0) is 17.5. The number of carbonyl (C=O) groups excluding carboxylic acids is 1. The molecule has 1 amide bonds. The lowest BCUT2D eigenvalue weighted by Crippen LogP contribution is -2.49. The summed E-state index contributed by atoms with van der Waals surface area (Å²) in [4.78, 5) is 26.0. The van der Waals surface area contributed by atoms with Gasteiger partial charge in [0.2, 0.25) is 5.91 Å². The van der Waals surface area contributed by atoms with E-state index in [0.29, 0.717) is 0 Å². The van der Waals surface area contributed by atoms with Crippen molar-refractivity contribution in [2.75, 3.05) is 9.62 Å². The average molecular weight is 348 g/mol. The lowest BCUT2D eigenvalue weighted by molar-refractivity contribution is -0.384. The number of rotatable bonds is 3. The van der Waals surface area contributed by atoms with E-state index in [4.69, 9.17) is 0 Å². The van der Waals surface area contributed by atoms with E-state index in [1.165, 1.54) is 13.1 Å². The second kappa shape index (κ2) is 5.57. The van der Waals surface area contributed by atoms with Gasteiger partial charge in [0, 0.05) is 18.3 Å². The van der Waals surface area contributed by atoms with E-state index in [1.54, 1.807) is 12.1 Å². The number of nitro groups is 1. The van der Waals surface area contributed by atoms with Crippen LogP contribution in [0.4, 0.5) is 17.2 Å². The maximum Gasteiger partial charge on any atom is 0.269 e. The molecule has 0 spiro atoms. The third-order valence-electron chi connectivity index (χ3n) is 3.59. The first-order valence-electron chi connectivity index (χ1n) is 6.87. The summed E-state index contributed by atoms with van der Waals surface area (Å²) < 4.78 is 26.8. The van der Waals surface area contributed by atoms with E-state index in [0.717, 1.165) is 28.6 Å². The topological polar surface area (TPSA) is 123 Å². The van der Waals surface area contributed by atoms with Crippen molar-refractivity contribution in [3.05, 3.63) is 52.7 Å². The van der Waals surface area contributed by atoms with Crippen molar-refractivity contribution < 1.29 is 18.1 Å². The van der Waals surface area contributed by atoms with Crippen LogP contribution in [0, 0.1) is 10.1 Å². The van der Waals surface area contributed by atoms with Crippen LogP contribution in [0.2, 0.25) is 0 Å². The lowest BCUT2D eigenvalue weighted by Gasteiger charge is -2.33. The minimum atomic E-state index is -4.11. The number of nitrogens with one attached hydrogen (secondary N) is 1. The first kappa shape index (κ1) is 15.9. The van der Waals surface area contributed by atoms with Gasteiger partial charge in [-0.25, -0.2) is 17.7 Å². The molecule has 10 heteroatoms. The fourth-order valence-electron chi connectivity index (χ4n) is 2.37. The summed E-state index contributed by atoms with van der Waals surface area (Å²) in [5.41, 5.74) is 0.0583. The molecule has 0 aliphatic carbocycles. The normalized spacial score (nSPS) is 17.1. The number of pyridine rings is 1. The molecule has 1 aromatic heterocycles. The molecule has 3 rings (SSSR count). The highest BCUT2D eigenvalue weighted by molar-refractivity contribution is 7.93. The van der Waals surface area contributed by atoms with Gasteiger partial charge in [-0.2, -0.15) is 0 Å². The highest BCUT2D eigenvalue weighted by atomic mass is 32.2. The van der Waals surface area contributed by atoms with Gasteiger partial charge in [0.05, 0.1) is 15.5 Å². The van der Waals surface area contributed by atoms with Crippen LogP contribution in [0.1, 0.15) is 6.92 Å². The van der Waals surface area contributed by atoms with E-state index >= 15 is 0 Å². The number of sulfonamides is 1. The van der Waals surface area contributed by atoms with Crippen LogP contribution in [0.5, 0.6) is 0 Å². The van der Waals surface area contributed by atoms with E-state index in [1.807, 2.05) is 0 Å². The summed E-state index contributed by atoms with van der Waals surface area (Å²) in [7, 11) is -4.11. The Bertz CT molecular complexity index is 926. The largest absolute Gasteiger partial charge is 0.321 e. The van der Waals surface area contributed by atoms with Crippen LogP contribution in [-0.4, -0.2) is 30.3 Å². The third-order valence-corrected chi connectivity index (χ3v) is 5.46. The number of fused-ring (bicyclic) bond motifs is 1. The Morgan fingerprint density at radius 1 is 1.25 bits per heavy atom. The second-order valence-corrected chi connectivity index (χ2v) is 6.91. The van der Waals surface area contributed by atoms with Gasteiger partial charge in [-0.1, -0.05) is 0 Å². The standard InChI is InChI=1S/C14H12N4O5S/c1-9-14(19)16-12-3-2-8-15-13(12)17(9)24(22,23)11-6-4-10(5-7-11)18(20)21/h2-9H,1H3,(H,16,19)/t9-/m0/s1. The quantitative estimate of drug-likeness (QED) is 0.663. The van der Waals surface area contributed by atoms with Crippen molar-refractivity contribution in [1.82, 2.24) is 4.98 Å². The summed E-state index contributed by atoms with van der Waals surface area (Å²) in [5, 5.41) is 13.3. The van der Waals surface area contributed by atoms with Gasteiger partial charge in [0.15, 0.2) is 5.82 Å². The molecule has 1 aromatic carbocycles. The number of hydrogen-bond donors (Lipinski definition) is 1. The molecule has 1 aliphatic rings. The van der Waals surface area contributed by atoms with Crippen LogP contribution >= 0.6 is 0 Å². The molecule has 0 bridgehead atoms. The molecule has 0 radical (unpaired) electrons. The predicted molar refractivity (Wildman–Crippen MR) is 85.1 cm³/mol. The molecule has 0 saturated carbocycles. The Morgan fingerprint density at radius 2 is 1.92 bits per heavy atom. The Hall–Kier alpha value is -3.01. The molecule has 0 fully saturated rings.